The first kappa shape index (κ1) is 18.8. The summed E-state index contributed by atoms with van der Waals surface area (Å²) in [7, 11) is 0. The molecule has 1 unspecified atom stereocenters. The quantitative estimate of drug-likeness (QED) is 0.702. The summed E-state index contributed by atoms with van der Waals surface area (Å²) in [6.07, 6.45) is 1.05. The number of amides is 1. The lowest BCUT2D eigenvalue weighted by Crippen LogP contribution is -2.36. The highest BCUT2D eigenvalue weighted by Crippen LogP contribution is 2.13. The van der Waals surface area contributed by atoms with E-state index in [9.17, 15) is 9.18 Å². The van der Waals surface area contributed by atoms with Gasteiger partial charge in [-0.05, 0) is 63.1 Å². The number of carbonyl (C=O) groups excluding carboxylic acids is 1. The predicted molar refractivity (Wildman–Crippen MR) is 95.4 cm³/mol. The van der Waals surface area contributed by atoms with Gasteiger partial charge < -0.3 is 14.8 Å². The topological polar surface area (TPSA) is 47.6 Å². The molecule has 134 valence electrons. The average Bonchev–Trinajstić information content (AvgIpc) is 2.61. The second-order valence-electron chi connectivity index (χ2n) is 5.87. The summed E-state index contributed by atoms with van der Waals surface area (Å²) in [5.74, 6) is 0.906. The highest BCUT2D eigenvalue weighted by atomic mass is 19.1. The Labute approximate surface area is 148 Å². The zero-order chi connectivity index (χ0) is 18.1. The van der Waals surface area contributed by atoms with E-state index in [2.05, 4.69) is 5.32 Å². The van der Waals surface area contributed by atoms with Crippen molar-refractivity contribution < 1.29 is 18.7 Å². The maximum atomic E-state index is 12.8. The van der Waals surface area contributed by atoms with Gasteiger partial charge in [-0.1, -0.05) is 17.7 Å². The molecule has 0 aromatic heterocycles. The van der Waals surface area contributed by atoms with Crippen LogP contribution in [0.25, 0.3) is 0 Å². The zero-order valence-corrected chi connectivity index (χ0v) is 14.6. The smallest absolute Gasteiger partial charge is 0.260 e. The standard InChI is InChI=1S/C20H24FNO3/c1-15-5-9-19(10-6-15)25-16(2)20(23)22-13-3-4-14-24-18-11-7-17(21)8-12-18/h5-12,16H,3-4,13-14H2,1-2H3,(H,22,23). The normalized spacial score (nSPS) is 11.6. The third-order valence-corrected chi connectivity index (χ3v) is 3.66. The summed E-state index contributed by atoms with van der Waals surface area (Å²) in [6.45, 7) is 4.82. The van der Waals surface area contributed by atoms with E-state index >= 15 is 0 Å². The Morgan fingerprint density at radius 2 is 1.68 bits per heavy atom. The molecule has 0 spiro atoms. The number of carbonyl (C=O) groups is 1. The van der Waals surface area contributed by atoms with Gasteiger partial charge in [0.25, 0.3) is 5.91 Å². The largest absolute Gasteiger partial charge is 0.494 e. The van der Waals surface area contributed by atoms with Crippen LogP contribution < -0.4 is 14.8 Å². The molecule has 0 saturated carbocycles. The molecule has 0 aliphatic rings. The molecule has 0 fully saturated rings. The highest BCUT2D eigenvalue weighted by molar-refractivity contribution is 5.80. The molecule has 0 aliphatic heterocycles. The van der Waals surface area contributed by atoms with Gasteiger partial charge in [0.1, 0.15) is 17.3 Å². The Balaban J connectivity index is 1.58. The molecule has 0 radical (unpaired) electrons. The summed E-state index contributed by atoms with van der Waals surface area (Å²) in [5.41, 5.74) is 1.15. The van der Waals surface area contributed by atoms with Crippen LogP contribution in [0.2, 0.25) is 0 Å². The monoisotopic (exact) mass is 345 g/mol. The molecule has 4 nitrogen and oxygen atoms in total. The van der Waals surface area contributed by atoms with Crippen LogP contribution in [0.1, 0.15) is 25.3 Å². The summed E-state index contributed by atoms with van der Waals surface area (Å²) in [5, 5.41) is 2.85. The van der Waals surface area contributed by atoms with Crippen molar-refractivity contribution in [2.45, 2.75) is 32.8 Å². The molecule has 0 heterocycles. The van der Waals surface area contributed by atoms with Crippen LogP contribution in [-0.4, -0.2) is 25.2 Å². The third-order valence-electron chi connectivity index (χ3n) is 3.66. The van der Waals surface area contributed by atoms with E-state index in [0.29, 0.717) is 24.7 Å². The fourth-order valence-corrected chi connectivity index (χ4v) is 2.18. The van der Waals surface area contributed by atoms with Crippen molar-refractivity contribution in [3.05, 3.63) is 59.9 Å². The average molecular weight is 345 g/mol. The van der Waals surface area contributed by atoms with Crippen molar-refractivity contribution in [2.24, 2.45) is 0 Å². The van der Waals surface area contributed by atoms with Gasteiger partial charge in [0.2, 0.25) is 0 Å². The molecular weight excluding hydrogens is 321 g/mol. The second kappa shape index (κ2) is 9.67. The van der Waals surface area contributed by atoms with Crippen LogP contribution in [0.5, 0.6) is 11.5 Å². The third kappa shape index (κ3) is 6.83. The van der Waals surface area contributed by atoms with E-state index in [1.165, 1.54) is 12.1 Å². The van der Waals surface area contributed by atoms with E-state index in [1.807, 2.05) is 31.2 Å². The van der Waals surface area contributed by atoms with E-state index < -0.39 is 6.10 Å². The number of ether oxygens (including phenoxy) is 2. The van der Waals surface area contributed by atoms with Crippen molar-refractivity contribution in [1.29, 1.82) is 0 Å². The number of unbranched alkanes of at least 4 members (excludes halogenated alkanes) is 1. The Kier molecular flexibility index (Phi) is 7.26. The molecule has 0 bridgehead atoms. The number of halogens is 1. The minimum Gasteiger partial charge on any atom is -0.494 e. The van der Waals surface area contributed by atoms with Crippen LogP contribution in [0, 0.1) is 12.7 Å². The number of benzene rings is 2. The lowest BCUT2D eigenvalue weighted by molar-refractivity contribution is -0.127. The minimum atomic E-state index is -0.543. The second-order valence-corrected chi connectivity index (χ2v) is 5.87. The van der Waals surface area contributed by atoms with Crippen LogP contribution in [0.3, 0.4) is 0 Å². The van der Waals surface area contributed by atoms with E-state index in [0.717, 1.165) is 18.4 Å². The van der Waals surface area contributed by atoms with Gasteiger partial charge in [0.15, 0.2) is 6.10 Å². The summed E-state index contributed by atoms with van der Waals surface area (Å²) in [6, 6.07) is 13.5. The van der Waals surface area contributed by atoms with Gasteiger partial charge in [0, 0.05) is 6.54 Å². The maximum Gasteiger partial charge on any atom is 0.260 e. The molecule has 5 heteroatoms. The Bertz CT molecular complexity index is 656. The van der Waals surface area contributed by atoms with Crippen molar-refractivity contribution in [1.82, 2.24) is 5.32 Å². The molecular formula is C20H24FNO3. The first-order valence-electron chi connectivity index (χ1n) is 8.44. The van der Waals surface area contributed by atoms with Crippen LogP contribution in [-0.2, 0) is 4.79 Å². The molecule has 1 atom stereocenters. The number of hydrogen-bond acceptors (Lipinski definition) is 3. The van der Waals surface area contributed by atoms with Crippen LogP contribution in [0.4, 0.5) is 4.39 Å². The van der Waals surface area contributed by atoms with Crippen LogP contribution >= 0.6 is 0 Å². The Morgan fingerprint density at radius 1 is 1.04 bits per heavy atom. The number of rotatable bonds is 9. The zero-order valence-electron chi connectivity index (χ0n) is 14.6. The molecule has 2 aromatic rings. The van der Waals surface area contributed by atoms with Gasteiger partial charge in [-0.25, -0.2) is 4.39 Å². The van der Waals surface area contributed by atoms with Gasteiger partial charge in [0.05, 0.1) is 6.61 Å². The van der Waals surface area contributed by atoms with Crippen molar-refractivity contribution >= 4 is 5.91 Å². The first-order valence-corrected chi connectivity index (χ1v) is 8.44. The van der Waals surface area contributed by atoms with Gasteiger partial charge in [-0.15, -0.1) is 0 Å². The highest BCUT2D eigenvalue weighted by Gasteiger charge is 2.13. The summed E-state index contributed by atoms with van der Waals surface area (Å²) in [4.78, 5) is 12.0. The molecule has 1 amide bonds. The number of nitrogens with one attached hydrogen (secondary N) is 1. The summed E-state index contributed by atoms with van der Waals surface area (Å²) >= 11 is 0. The van der Waals surface area contributed by atoms with Crippen molar-refractivity contribution in [3.8, 4) is 11.5 Å². The molecule has 1 N–H and O–H groups in total. The number of aryl methyl sites for hydroxylation is 1. The minimum absolute atomic E-state index is 0.139. The maximum absolute atomic E-state index is 12.8. The Hall–Kier alpha value is -2.56. The summed E-state index contributed by atoms with van der Waals surface area (Å²) < 4.78 is 23.9. The molecule has 25 heavy (non-hydrogen) atoms. The fourth-order valence-electron chi connectivity index (χ4n) is 2.18. The molecule has 2 aromatic carbocycles. The molecule has 2 rings (SSSR count). The van der Waals surface area contributed by atoms with Gasteiger partial charge in [-0.2, -0.15) is 0 Å². The lowest BCUT2D eigenvalue weighted by Gasteiger charge is -2.15. The SMILES string of the molecule is Cc1ccc(OC(C)C(=O)NCCCCOc2ccc(F)cc2)cc1. The van der Waals surface area contributed by atoms with Crippen molar-refractivity contribution in [3.63, 3.8) is 0 Å². The van der Waals surface area contributed by atoms with E-state index in [4.69, 9.17) is 9.47 Å². The fraction of sp³-hybridized carbons (Fsp3) is 0.350. The van der Waals surface area contributed by atoms with Gasteiger partial charge in [-0.3, -0.25) is 4.79 Å². The Morgan fingerprint density at radius 3 is 2.36 bits per heavy atom. The van der Waals surface area contributed by atoms with E-state index in [-0.39, 0.29) is 11.7 Å². The van der Waals surface area contributed by atoms with Crippen molar-refractivity contribution in [2.75, 3.05) is 13.2 Å². The number of hydrogen-bond donors (Lipinski definition) is 1. The molecule has 0 saturated heterocycles. The van der Waals surface area contributed by atoms with Gasteiger partial charge >= 0.3 is 0 Å². The van der Waals surface area contributed by atoms with Crippen LogP contribution in [0.15, 0.2) is 48.5 Å². The van der Waals surface area contributed by atoms with E-state index in [1.54, 1.807) is 19.1 Å². The molecule has 0 aliphatic carbocycles. The lowest BCUT2D eigenvalue weighted by atomic mass is 10.2. The first-order chi connectivity index (χ1) is 12.0. The predicted octanol–water partition coefficient (Wildman–Crippen LogP) is 3.88.